The zero-order valence-corrected chi connectivity index (χ0v) is 20.8. The van der Waals surface area contributed by atoms with Gasteiger partial charge in [-0.2, -0.15) is 0 Å². The van der Waals surface area contributed by atoms with Crippen molar-refractivity contribution in [2.75, 3.05) is 60.1 Å². The van der Waals surface area contributed by atoms with E-state index in [1.54, 1.807) is 4.90 Å². The van der Waals surface area contributed by atoms with Crippen molar-refractivity contribution >= 4 is 11.8 Å². The van der Waals surface area contributed by atoms with Crippen LogP contribution < -0.4 is 0 Å². The summed E-state index contributed by atoms with van der Waals surface area (Å²) < 4.78 is 10.9. The number of carbonyl (C=O) groups excluding carboxylic acids is 2. The number of nitrogens with zero attached hydrogens (tertiary/aromatic N) is 3. The average Bonchev–Trinajstić information content (AvgIpc) is 2.82. The van der Waals surface area contributed by atoms with Crippen molar-refractivity contribution in [3.63, 3.8) is 0 Å². The van der Waals surface area contributed by atoms with Gasteiger partial charge in [0.05, 0.1) is 13.2 Å². The van der Waals surface area contributed by atoms with Crippen molar-refractivity contribution in [1.82, 2.24) is 14.7 Å². The van der Waals surface area contributed by atoms with E-state index in [0.29, 0.717) is 38.7 Å². The molecular formula is C24H45N3O6. The fourth-order valence-electron chi connectivity index (χ4n) is 4.74. The Balaban J connectivity index is 2.00. The minimum Gasteiger partial charge on any atom is -0.388 e. The Morgan fingerprint density at radius 3 is 2.39 bits per heavy atom. The fraction of sp³-hybridized carbons (Fsp3) is 0.917. The maximum Gasteiger partial charge on any atom is 0.236 e. The van der Waals surface area contributed by atoms with Crippen molar-refractivity contribution in [2.24, 2.45) is 0 Å². The second-order valence-electron chi connectivity index (χ2n) is 9.51. The monoisotopic (exact) mass is 471 g/mol. The maximum atomic E-state index is 13.0. The van der Waals surface area contributed by atoms with Gasteiger partial charge in [-0.15, -0.1) is 0 Å². The number of ether oxygens (including phenoxy) is 2. The zero-order valence-electron chi connectivity index (χ0n) is 20.8. The summed E-state index contributed by atoms with van der Waals surface area (Å²) in [5.41, 5.74) is 0. The molecule has 1 saturated heterocycles. The molecule has 0 bridgehead atoms. The van der Waals surface area contributed by atoms with Crippen LogP contribution in [0.4, 0.5) is 0 Å². The Kier molecular flexibility index (Phi) is 12.6. The van der Waals surface area contributed by atoms with Gasteiger partial charge in [0.2, 0.25) is 11.8 Å². The summed E-state index contributed by atoms with van der Waals surface area (Å²) >= 11 is 0. The van der Waals surface area contributed by atoms with Crippen LogP contribution in [0.2, 0.25) is 0 Å². The number of aliphatic hydroxyl groups excluding tert-OH is 2. The van der Waals surface area contributed by atoms with E-state index in [9.17, 15) is 19.8 Å². The largest absolute Gasteiger partial charge is 0.388 e. The van der Waals surface area contributed by atoms with Gasteiger partial charge in [0.15, 0.2) is 0 Å². The molecule has 2 rings (SSSR count). The molecule has 192 valence electrons. The highest BCUT2D eigenvalue weighted by Crippen LogP contribution is 2.21. The van der Waals surface area contributed by atoms with Crippen LogP contribution in [0.1, 0.15) is 58.3 Å². The lowest BCUT2D eigenvalue weighted by molar-refractivity contribution is -0.137. The summed E-state index contributed by atoms with van der Waals surface area (Å²) in [5.74, 6) is 0.0455. The molecule has 0 aromatic carbocycles. The molecule has 0 aromatic rings. The van der Waals surface area contributed by atoms with Crippen molar-refractivity contribution < 1.29 is 29.3 Å². The van der Waals surface area contributed by atoms with Crippen LogP contribution in [-0.4, -0.2) is 121 Å². The first kappa shape index (κ1) is 28.0. The van der Waals surface area contributed by atoms with E-state index in [-0.39, 0.29) is 25.0 Å². The zero-order chi connectivity index (χ0) is 24.2. The Hall–Kier alpha value is -1.26. The number of hydrogen-bond donors (Lipinski definition) is 2. The number of likely N-dealkylation sites (N-methyl/N-ethyl adjacent to an activating group) is 1. The minimum atomic E-state index is -1.15. The Bertz CT molecular complexity index is 587. The van der Waals surface area contributed by atoms with Crippen LogP contribution in [0.25, 0.3) is 0 Å². The number of carbonyl (C=O) groups is 2. The van der Waals surface area contributed by atoms with Gasteiger partial charge in [0.25, 0.3) is 0 Å². The summed E-state index contributed by atoms with van der Waals surface area (Å²) in [5, 5.41) is 20.7. The van der Waals surface area contributed by atoms with Gasteiger partial charge in [0, 0.05) is 53.4 Å². The molecule has 0 aromatic heterocycles. The number of amides is 2. The van der Waals surface area contributed by atoms with Crippen molar-refractivity contribution in [2.45, 2.75) is 82.6 Å². The molecule has 1 heterocycles. The summed E-state index contributed by atoms with van der Waals surface area (Å²) in [6.07, 6.45) is 5.27. The SMILES string of the molecule is CO[C@H]1CN(C(C)=O)CCCN(CC(=O)N(C)C2CCCCC2)CCCCOC[C@H](O)[C@@H]1O. The van der Waals surface area contributed by atoms with E-state index >= 15 is 0 Å². The van der Waals surface area contributed by atoms with Crippen LogP contribution in [0.3, 0.4) is 0 Å². The second kappa shape index (κ2) is 14.9. The predicted molar refractivity (Wildman–Crippen MR) is 126 cm³/mol. The minimum absolute atomic E-state index is 0.00941. The van der Waals surface area contributed by atoms with E-state index < -0.39 is 18.3 Å². The quantitative estimate of drug-likeness (QED) is 0.627. The topological polar surface area (TPSA) is 103 Å². The molecule has 1 aliphatic carbocycles. The molecule has 9 heteroatoms. The van der Waals surface area contributed by atoms with Gasteiger partial charge in [-0.1, -0.05) is 19.3 Å². The van der Waals surface area contributed by atoms with Gasteiger partial charge in [-0.25, -0.2) is 0 Å². The highest BCUT2D eigenvalue weighted by Gasteiger charge is 2.29. The van der Waals surface area contributed by atoms with Gasteiger partial charge in [0.1, 0.15) is 18.3 Å². The van der Waals surface area contributed by atoms with E-state index in [4.69, 9.17) is 9.47 Å². The molecule has 3 atom stereocenters. The molecule has 2 N–H and O–H groups in total. The number of methoxy groups -OCH3 is 1. The number of hydrogen-bond acceptors (Lipinski definition) is 7. The molecular weight excluding hydrogens is 426 g/mol. The highest BCUT2D eigenvalue weighted by molar-refractivity contribution is 5.78. The third-order valence-corrected chi connectivity index (χ3v) is 7.00. The standard InChI is InChI=1S/C24H45N3O6/c1-19(28)27-14-9-13-26(17-23(30)25(2)20-10-5-4-6-11-20)12-7-8-15-33-18-21(29)24(31)22(16-27)32-3/h20-22,24,29,31H,4-18H2,1-3H3/t21-,22-,24-/m0/s1. The lowest BCUT2D eigenvalue weighted by Crippen LogP contribution is -2.48. The first-order valence-electron chi connectivity index (χ1n) is 12.5. The van der Waals surface area contributed by atoms with E-state index in [2.05, 4.69) is 4.90 Å². The molecule has 2 fully saturated rings. The summed E-state index contributed by atoms with van der Waals surface area (Å²) in [7, 11) is 3.39. The first-order valence-corrected chi connectivity index (χ1v) is 12.5. The Labute approximate surface area is 199 Å². The molecule has 1 saturated carbocycles. The van der Waals surface area contributed by atoms with Crippen LogP contribution in [-0.2, 0) is 19.1 Å². The van der Waals surface area contributed by atoms with Crippen LogP contribution in [0.5, 0.6) is 0 Å². The van der Waals surface area contributed by atoms with Crippen LogP contribution in [0.15, 0.2) is 0 Å². The van der Waals surface area contributed by atoms with Gasteiger partial charge >= 0.3 is 0 Å². The molecule has 0 spiro atoms. The van der Waals surface area contributed by atoms with Gasteiger partial charge < -0.3 is 29.5 Å². The number of aliphatic hydroxyl groups is 2. The lowest BCUT2D eigenvalue weighted by Gasteiger charge is -2.33. The van der Waals surface area contributed by atoms with Crippen molar-refractivity contribution in [3.05, 3.63) is 0 Å². The van der Waals surface area contributed by atoms with Gasteiger partial charge in [-0.05, 0) is 38.6 Å². The first-order chi connectivity index (χ1) is 15.8. The summed E-state index contributed by atoms with van der Waals surface area (Å²) in [4.78, 5) is 30.9. The van der Waals surface area contributed by atoms with Crippen molar-refractivity contribution in [3.8, 4) is 0 Å². The third-order valence-electron chi connectivity index (χ3n) is 7.00. The number of rotatable bonds is 4. The van der Waals surface area contributed by atoms with E-state index in [1.807, 2.05) is 11.9 Å². The van der Waals surface area contributed by atoms with Crippen LogP contribution >= 0.6 is 0 Å². The van der Waals surface area contributed by atoms with E-state index in [0.717, 1.165) is 32.2 Å². The average molecular weight is 472 g/mol. The van der Waals surface area contributed by atoms with Crippen molar-refractivity contribution in [1.29, 1.82) is 0 Å². The summed E-state index contributed by atoms with van der Waals surface area (Å²) in [6, 6.07) is 0.347. The molecule has 9 nitrogen and oxygen atoms in total. The predicted octanol–water partition coefficient (Wildman–Crippen LogP) is 0.865. The van der Waals surface area contributed by atoms with E-state index in [1.165, 1.54) is 33.3 Å². The molecule has 2 amide bonds. The molecule has 2 aliphatic rings. The Morgan fingerprint density at radius 2 is 1.73 bits per heavy atom. The second-order valence-corrected chi connectivity index (χ2v) is 9.51. The molecule has 33 heavy (non-hydrogen) atoms. The highest BCUT2D eigenvalue weighted by atomic mass is 16.5. The van der Waals surface area contributed by atoms with Crippen LogP contribution in [0, 0.1) is 0 Å². The molecule has 0 radical (unpaired) electrons. The fourth-order valence-corrected chi connectivity index (χ4v) is 4.74. The maximum absolute atomic E-state index is 13.0. The molecule has 0 unspecified atom stereocenters. The normalized spacial score (nSPS) is 28.0. The Morgan fingerprint density at radius 1 is 1.03 bits per heavy atom. The summed E-state index contributed by atoms with van der Waals surface area (Å²) in [6.45, 7) is 4.53. The smallest absolute Gasteiger partial charge is 0.236 e. The lowest BCUT2D eigenvalue weighted by atomic mass is 9.94. The van der Waals surface area contributed by atoms with Gasteiger partial charge in [-0.3, -0.25) is 14.5 Å². The molecule has 1 aliphatic heterocycles. The third kappa shape index (κ3) is 9.48.